The fraction of sp³-hybridized carbons (Fsp3) is 0.136. The summed E-state index contributed by atoms with van der Waals surface area (Å²) in [6.07, 6.45) is 1.52. The van der Waals surface area contributed by atoms with Crippen LogP contribution in [-0.4, -0.2) is 22.5 Å². The Morgan fingerprint density at radius 2 is 1.68 bits per heavy atom. The van der Waals surface area contributed by atoms with Gasteiger partial charge in [0.05, 0.1) is 23.6 Å². The van der Waals surface area contributed by atoms with Crippen molar-refractivity contribution in [2.75, 3.05) is 11.9 Å². The number of esters is 1. The number of thiophene rings is 1. The third-order valence-electron chi connectivity index (χ3n) is 4.41. The first kappa shape index (κ1) is 18.1. The number of rotatable bonds is 6. The Labute approximate surface area is 167 Å². The van der Waals surface area contributed by atoms with Gasteiger partial charge in [0.15, 0.2) is 0 Å². The predicted molar refractivity (Wildman–Crippen MR) is 112 cm³/mol. The van der Waals surface area contributed by atoms with E-state index in [9.17, 15) is 4.79 Å². The molecule has 0 spiro atoms. The van der Waals surface area contributed by atoms with Crippen LogP contribution in [-0.2, 0) is 4.74 Å². The number of carbonyl (C=O) groups is 1. The summed E-state index contributed by atoms with van der Waals surface area (Å²) in [5, 5.41) is 6.00. The second-order valence-electron chi connectivity index (χ2n) is 6.17. The molecule has 6 heteroatoms. The highest BCUT2D eigenvalue weighted by molar-refractivity contribution is 7.17. The van der Waals surface area contributed by atoms with E-state index in [2.05, 4.69) is 39.6 Å². The molecule has 0 radical (unpaired) electrons. The first-order valence-corrected chi connectivity index (χ1v) is 9.91. The highest BCUT2D eigenvalue weighted by Gasteiger charge is 2.21. The van der Waals surface area contributed by atoms with Gasteiger partial charge < -0.3 is 10.1 Å². The van der Waals surface area contributed by atoms with E-state index in [4.69, 9.17) is 4.74 Å². The number of benzene rings is 2. The van der Waals surface area contributed by atoms with Crippen molar-refractivity contribution < 1.29 is 9.53 Å². The van der Waals surface area contributed by atoms with E-state index in [0.717, 1.165) is 16.0 Å². The maximum Gasteiger partial charge on any atom is 0.339 e. The van der Waals surface area contributed by atoms with Crippen LogP contribution in [0.25, 0.3) is 10.2 Å². The molecule has 2 aromatic carbocycles. The zero-order valence-corrected chi connectivity index (χ0v) is 16.1. The van der Waals surface area contributed by atoms with E-state index >= 15 is 0 Å². The van der Waals surface area contributed by atoms with Gasteiger partial charge in [-0.15, -0.1) is 11.3 Å². The fourth-order valence-corrected chi connectivity index (χ4v) is 4.01. The number of ether oxygens (including phenoxy) is 1. The molecule has 0 atom stereocenters. The first-order chi connectivity index (χ1) is 13.8. The molecule has 4 rings (SSSR count). The molecule has 28 heavy (non-hydrogen) atoms. The van der Waals surface area contributed by atoms with Gasteiger partial charge in [-0.25, -0.2) is 14.8 Å². The topological polar surface area (TPSA) is 64.1 Å². The Kier molecular flexibility index (Phi) is 5.30. The Morgan fingerprint density at radius 3 is 2.29 bits per heavy atom. The standard InChI is InChI=1S/C22H19N3O2S/c1-2-27-22(26)17-13-28-21-18(17)20(23-14-24-21)25-19(15-9-5-3-6-10-15)16-11-7-4-8-12-16/h3-14,19H,2H2,1H3,(H,23,24,25). The number of carbonyl (C=O) groups excluding carboxylic acids is 1. The maximum atomic E-state index is 12.4. The molecule has 0 unspecified atom stereocenters. The fourth-order valence-electron chi connectivity index (χ4n) is 3.13. The molecule has 0 aliphatic carbocycles. The summed E-state index contributed by atoms with van der Waals surface area (Å²) >= 11 is 1.41. The van der Waals surface area contributed by atoms with Gasteiger partial charge >= 0.3 is 5.97 Å². The molecule has 0 amide bonds. The van der Waals surface area contributed by atoms with Gasteiger partial charge in [0.1, 0.15) is 17.0 Å². The number of aromatic nitrogens is 2. The van der Waals surface area contributed by atoms with Crippen LogP contribution < -0.4 is 5.32 Å². The summed E-state index contributed by atoms with van der Waals surface area (Å²) in [6, 6.07) is 20.2. The van der Waals surface area contributed by atoms with E-state index in [1.54, 1.807) is 12.3 Å². The molecule has 1 N–H and O–H groups in total. The normalized spacial score (nSPS) is 10.9. The van der Waals surface area contributed by atoms with Gasteiger partial charge in [-0.2, -0.15) is 0 Å². The van der Waals surface area contributed by atoms with Crippen LogP contribution in [0.15, 0.2) is 72.4 Å². The van der Waals surface area contributed by atoms with Crippen LogP contribution in [0.1, 0.15) is 34.5 Å². The number of hydrogen-bond donors (Lipinski definition) is 1. The van der Waals surface area contributed by atoms with E-state index in [1.807, 2.05) is 36.4 Å². The van der Waals surface area contributed by atoms with E-state index < -0.39 is 0 Å². The van der Waals surface area contributed by atoms with Gasteiger partial charge in [0.2, 0.25) is 0 Å². The highest BCUT2D eigenvalue weighted by Crippen LogP contribution is 2.33. The lowest BCUT2D eigenvalue weighted by Crippen LogP contribution is -2.14. The Balaban J connectivity index is 1.80. The number of anilines is 1. The van der Waals surface area contributed by atoms with Gasteiger partial charge in [0.25, 0.3) is 0 Å². The average molecular weight is 389 g/mol. The third-order valence-corrected chi connectivity index (χ3v) is 5.30. The number of fused-ring (bicyclic) bond motifs is 1. The molecule has 0 bridgehead atoms. The second-order valence-corrected chi connectivity index (χ2v) is 7.03. The molecular formula is C22H19N3O2S. The van der Waals surface area contributed by atoms with E-state index in [-0.39, 0.29) is 12.0 Å². The van der Waals surface area contributed by atoms with Crippen LogP contribution in [0.4, 0.5) is 5.82 Å². The molecule has 5 nitrogen and oxygen atoms in total. The summed E-state index contributed by atoms with van der Waals surface area (Å²) in [6.45, 7) is 2.12. The van der Waals surface area contributed by atoms with Crippen LogP contribution in [0.2, 0.25) is 0 Å². The lowest BCUT2D eigenvalue weighted by atomic mass is 9.98. The number of hydrogen-bond acceptors (Lipinski definition) is 6. The maximum absolute atomic E-state index is 12.4. The SMILES string of the molecule is CCOC(=O)c1csc2ncnc(NC(c3ccccc3)c3ccccc3)c12. The van der Waals surface area contributed by atoms with Crippen molar-refractivity contribution in [1.82, 2.24) is 9.97 Å². The van der Waals surface area contributed by atoms with Gasteiger partial charge in [-0.1, -0.05) is 60.7 Å². The summed E-state index contributed by atoms with van der Waals surface area (Å²) < 4.78 is 5.21. The largest absolute Gasteiger partial charge is 0.462 e. The van der Waals surface area contributed by atoms with Crippen molar-refractivity contribution >= 4 is 33.3 Å². The van der Waals surface area contributed by atoms with Crippen molar-refractivity contribution in [2.24, 2.45) is 0 Å². The first-order valence-electron chi connectivity index (χ1n) is 9.03. The molecule has 2 heterocycles. The van der Waals surface area contributed by atoms with Crippen LogP contribution in [0, 0.1) is 0 Å². The zero-order chi connectivity index (χ0) is 19.3. The molecule has 4 aromatic rings. The molecule has 0 aliphatic heterocycles. The minimum absolute atomic E-state index is 0.115. The second kappa shape index (κ2) is 8.19. The summed E-state index contributed by atoms with van der Waals surface area (Å²) in [7, 11) is 0. The van der Waals surface area contributed by atoms with Crippen LogP contribution in [0.5, 0.6) is 0 Å². The van der Waals surface area contributed by atoms with Crippen molar-refractivity contribution in [3.63, 3.8) is 0 Å². The van der Waals surface area contributed by atoms with Gasteiger partial charge in [-0.05, 0) is 18.1 Å². The minimum Gasteiger partial charge on any atom is -0.462 e. The van der Waals surface area contributed by atoms with Gasteiger partial charge in [-0.3, -0.25) is 0 Å². The molecule has 0 saturated heterocycles. The Hall–Kier alpha value is -3.25. The number of nitrogens with one attached hydrogen (secondary N) is 1. The van der Waals surface area contributed by atoms with Gasteiger partial charge in [0, 0.05) is 5.38 Å². The molecule has 140 valence electrons. The Morgan fingerprint density at radius 1 is 1.04 bits per heavy atom. The molecule has 0 fully saturated rings. The highest BCUT2D eigenvalue weighted by atomic mass is 32.1. The van der Waals surface area contributed by atoms with Crippen molar-refractivity contribution in [2.45, 2.75) is 13.0 Å². The molecule has 0 saturated carbocycles. The lowest BCUT2D eigenvalue weighted by molar-refractivity contribution is 0.0529. The lowest BCUT2D eigenvalue weighted by Gasteiger charge is -2.21. The van der Waals surface area contributed by atoms with E-state index in [0.29, 0.717) is 23.4 Å². The van der Waals surface area contributed by atoms with Crippen molar-refractivity contribution in [3.05, 3.63) is 89.1 Å². The smallest absolute Gasteiger partial charge is 0.339 e. The quantitative estimate of drug-likeness (QED) is 0.467. The third kappa shape index (κ3) is 3.59. The summed E-state index contributed by atoms with van der Waals surface area (Å²) in [5.74, 6) is 0.259. The minimum atomic E-state index is -0.359. The van der Waals surface area contributed by atoms with Crippen molar-refractivity contribution in [3.8, 4) is 0 Å². The predicted octanol–water partition coefficient (Wildman–Crippen LogP) is 5.07. The van der Waals surface area contributed by atoms with Crippen molar-refractivity contribution in [1.29, 1.82) is 0 Å². The van der Waals surface area contributed by atoms with Crippen LogP contribution in [0.3, 0.4) is 0 Å². The number of nitrogens with zero attached hydrogens (tertiary/aromatic N) is 2. The zero-order valence-electron chi connectivity index (χ0n) is 15.3. The molecular weight excluding hydrogens is 370 g/mol. The average Bonchev–Trinajstić information content (AvgIpc) is 3.18. The van der Waals surface area contributed by atoms with Crippen LogP contribution >= 0.6 is 11.3 Å². The summed E-state index contributed by atoms with van der Waals surface area (Å²) in [5.41, 5.74) is 2.70. The van der Waals surface area contributed by atoms with E-state index in [1.165, 1.54) is 17.7 Å². The molecule has 2 aromatic heterocycles. The summed E-state index contributed by atoms with van der Waals surface area (Å²) in [4.78, 5) is 21.9. The monoisotopic (exact) mass is 389 g/mol. The molecule has 0 aliphatic rings. The Bertz CT molecular complexity index is 1040.